The van der Waals surface area contributed by atoms with E-state index in [-0.39, 0.29) is 23.3 Å². The number of hydrogen-bond acceptors (Lipinski definition) is 5. The Labute approximate surface area is 148 Å². The first kappa shape index (κ1) is 19.5. The number of carbonyl (C=O) groups is 1. The van der Waals surface area contributed by atoms with Crippen molar-refractivity contribution in [3.8, 4) is 11.5 Å². The van der Waals surface area contributed by atoms with Crippen molar-refractivity contribution in [2.75, 3.05) is 25.4 Å². The number of hydrogen-bond donors (Lipinski definition) is 2. The van der Waals surface area contributed by atoms with Gasteiger partial charge in [0.1, 0.15) is 11.5 Å². The Morgan fingerprint density at radius 3 is 2.52 bits per heavy atom. The summed E-state index contributed by atoms with van der Waals surface area (Å²) in [4.78, 5) is 14.3. The topological polar surface area (TPSA) is 110 Å². The predicted octanol–water partition coefficient (Wildman–Crippen LogP) is 1.57. The minimum Gasteiger partial charge on any atom is -0.508 e. The molecule has 8 heteroatoms. The summed E-state index contributed by atoms with van der Waals surface area (Å²) in [5.74, 6) is 0.510. The van der Waals surface area contributed by atoms with E-state index in [2.05, 4.69) is 0 Å². The SMILES string of the molecule is CC(C)COc1cc(O)cc(C(=O)N2CCC(CS(N)(=O)=O)CC2)c1. The van der Waals surface area contributed by atoms with Crippen molar-refractivity contribution in [3.63, 3.8) is 0 Å². The molecule has 1 saturated heterocycles. The molecular weight excluding hydrogens is 344 g/mol. The summed E-state index contributed by atoms with van der Waals surface area (Å²) in [5.41, 5.74) is 0.364. The van der Waals surface area contributed by atoms with E-state index in [0.29, 0.717) is 49.8 Å². The molecule has 0 aromatic heterocycles. The van der Waals surface area contributed by atoms with Crippen molar-refractivity contribution in [2.45, 2.75) is 26.7 Å². The number of primary sulfonamides is 1. The third-order valence-electron chi connectivity index (χ3n) is 4.09. The van der Waals surface area contributed by atoms with Crippen LogP contribution in [0.25, 0.3) is 0 Å². The van der Waals surface area contributed by atoms with Crippen LogP contribution in [0, 0.1) is 11.8 Å². The molecule has 0 atom stereocenters. The van der Waals surface area contributed by atoms with E-state index in [4.69, 9.17) is 9.88 Å². The van der Waals surface area contributed by atoms with Crippen LogP contribution >= 0.6 is 0 Å². The Kier molecular flexibility index (Phi) is 6.29. The fourth-order valence-electron chi connectivity index (χ4n) is 2.87. The molecule has 1 aliphatic heterocycles. The second kappa shape index (κ2) is 8.05. The molecule has 1 aromatic rings. The number of phenolic OH excluding ortho intramolecular Hbond substituents is 1. The van der Waals surface area contributed by atoms with Crippen LogP contribution in [0.15, 0.2) is 18.2 Å². The van der Waals surface area contributed by atoms with Gasteiger partial charge in [0.05, 0.1) is 12.4 Å². The van der Waals surface area contributed by atoms with Crippen LogP contribution in [0.5, 0.6) is 11.5 Å². The van der Waals surface area contributed by atoms with E-state index < -0.39 is 10.0 Å². The fourth-order valence-corrected chi connectivity index (χ4v) is 3.86. The number of likely N-dealkylation sites (tertiary alicyclic amines) is 1. The van der Waals surface area contributed by atoms with Gasteiger partial charge in [0.25, 0.3) is 5.91 Å². The van der Waals surface area contributed by atoms with Crippen molar-refractivity contribution >= 4 is 15.9 Å². The van der Waals surface area contributed by atoms with Gasteiger partial charge >= 0.3 is 0 Å². The Morgan fingerprint density at radius 1 is 1.32 bits per heavy atom. The van der Waals surface area contributed by atoms with Crippen LogP contribution in [0.2, 0.25) is 0 Å². The summed E-state index contributed by atoms with van der Waals surface area (Å²) < 4.78 is 27.9. The maximum Gasteiger partial charge on any atom is 0.254 e. The number of nitrogens with two attached hydrogens (primary N) is 1. The number of sulfonamides is 1. The van der Waals surface area contributed by atoms with E-state index in [1.54, 1.807) is 11.0 Å². The maximum absolute atomic E-state index is 12.7. The zero-order valence-corrected chi connectivity index (χ0v) is 15.5. The quantitative estimate of drug-likeness (QED) is 0.790. The Bertz CT molecular complexity index is 710. The molecule has 0 saturated carbocycles. The Hall–Kier alpha value is -1.80. The van der Waals surface area contributed by atoms with Gasteiger partial charge in [-0.2, -0.15) is 0 Å². The second-order valence-electron chi connectivity index (χ2n) is 6.99. The molecule has 7 nitrogen and oxygen atoms in total. The first-order chi connectivity index (χ1) is 11.6. The number of aromatic hydroxyl groups is 1. The van der Waals surface area contributed by atoms with Crippen molar-refractivity contribution in [3.05, 3.63) is 23.8 Å². The van der Waals surface area contributed by atoms with Crippen molar-refractivity contribution in [2.24, 2.45) is 17.0 Å². The molecule has 0 radical (unpaired) electrons. The maximum atomic E-state index is 12.7. The van der Waals surface area contributed by atoms with Gasteiger partial charge < -0.3 is 14.7 Å². The van der Waals surface area contributed by atoms with Gasteiger partial charge in [-0.1, -0.05) is 13.8 Å². The lowest BCUT2D eigenvalue weighted by Crippen LogP contribution is -2.40. The number of nitrogens with zero attached hydrogens (tertiary/aromatic N) is 1. The summed E-state index contributed by atoms with van der Waals surface area (Å²) in [6, 6.07) is 4.53. The molecule has 3 N–H and O–H groups in total. The van der Waals surface area contributed by atoms with Crippen LogP contribution in [-0.2, 0) is 10.0 Å². The number of phenols is 1. The van der Waals surface area contributed by atoms with E-state index in [9.17, 15) is 18.3 Å². The predicted molar refractivity (Wildman–Crippen MR) is 95.0 cm³/mol. The highest BCUT2D eigenvalue weighted by Gasteiger charge is 2.26. The van der Waals surface area contributed by atoms with Crippen LogP contribution < -0.4 is 9.88 Å². The largest absolute Gasteiger partial charge is 0.508 e. The Balaban J connectivity index is 2.01. The van der Waals surface area contributed by atoms with Crippen LogP contribution in [0.3, 0.4) is 0 Å². The van der Waals surface area contributed by atoms with Gasteiger partial charge in [-0.3, -0.25) is 4.79 Å². The second-order valence-corrected chi connectivity index (χ2v) is 8.64. The standard InChI is InChI=1S/C17H26N2O5S/c1-12(2)10-24-16-8-14(7-15(20)9-16)17(21)19-5-3-13(4-6-19)11-25(18,22)23/h7-9,12-13,20H,3-6,10-11H2,1-2H3,(H2,18,22,23). The third-order valence-corrected chi connectivity index (χ3v) is 5.03. The highest BCUT2D eigenvalue weighted by molar-refractivity contribution is 7.89. The smallest absolute Gasteiger partial charge is 0.254 e. The van der Waals surface area contributed by atoms with Crippen molar-refractivity contribution < 1.29 is 23.1 Å². The fraction of sp³-hybridized carbons (Fsp3) is 0.588. The number of carbonyl (C=O) groups excluding carboxylic acids is 1. The van der Waals surface area contributed by atoms with E-state index in [1.807, 2.05) is 13.8 Å². The van der Waals surface area contributed by atoms with Crippen molar-refractivity contribution in [1.82, 2.24) is 4.90 Å². The number of piperidine rings is 1. The molecule has 25 heavy (non-hydrogen) atoms. The van der Waals surface area contributed by atoms with Gasteiger partial charge in [0, 0.05) is 24.7 Å². The molecular formula is C17H26N2O5S. The van der Waals surface area contributed by atoms with E-state index in [0.717, 1.165) is 0 Å². The lowest BCUT2D eigenvalue weighted by Gasteiger charge is -2.31. The minimum absolute atomic E-state index is 0.0197. The number of amides is 1. The number of rotatable bonds is 6. The molecule has 0 aliphatic carbocycles. The molecule has 0 bridgehead atoms. The molecule has 0 spiro atoms. The highest BCUT2D eigenvalue weighted by atomic mass is 32.2. The molecule has 1 aromatic carbocycles. The highest BCUT2D eigenvalue weighted by Crippen LogP contribution is 2.25. The first-order valence-corrected chi connectivity index (χ1v) is 10.1. The summed E-state index contributed by atoms with van der Waals surface area (Å²) in [6.45, 7) is 5.46. The Morgan fingerprint density at radius 2 is 1.96 bits per heavy atom. The summed E-state index contributed by atoms with van der Waals surface area (Å²) in [6.07, 6.45) is 1.19. The zero-order chi connectivity index (χ0) is 18.6. The number of ether oxygens (including phenoxy) is 1. The lowest BCUT2D eigenvalue weighted by molar-refractivity contribution is 0.0697. The summed E-state index contributed by atoms with van der Waals surface area (Å²) in [5, 5.41) is 14.9. The van der Waals surface area contributed by atoms with E-state index in [1.165, 1.54) is 12.1 Å². The molecule has 0 unspecified atom stereocenters. The van der Waals surface area contributed by atoms with Crippen molar-refractivity contribution in [1.29, 1.82) is 0 Å². The molecule has 2 rings (SSSR count). The average molecular weight is 370 g/mol. The van der Waals surface area contributed by atoms with Crippen LogP contribution in [-0.4, -0.2) is 49.8 Å². The third kappa shape index (κ3) is 6.21. The van der Waals surface area contributed by atoms with Gasteiger partial charge in [0.2, 0.25) is 10.0 Å². The summed E-state index contributed by atoms with van der Waals surface area (Å²) in [7, 11) is -3.49. The molecule has 1 aliphatic rings. The lowest BCUT2D eigenvalue weighted by atomic mass is 9.98. The first-order valence-electron chi connectivity index (χ1n) is 8.40. The normalized spacial score (nSPS) is 16.2. The van der Waals surface area contributed by atoms with Gasteiger partial charge in [-0.15, -0.1) is 0 Å². The molecule has 1 fully saturated rings. The molecule has 140 valence electrons. The van der Waals surface area contributed by atoms with Crippen LogP contribution in [0.4, 0.5) is 0 Å². The summed E-state index contributed by atoms with van der Waals surface area (Å²) >= 11 is 0. The monoisotopic (exact) mass is 370 g/mol. The minimum atomic E-state index is -3.49. The molecule has 1 heterocycles. The van der Waals surface area contributed by atoms with E-state index >= 15 is 0 Å². The molecule has 1 amide bonds. The zero-order valence-electron chi connectivity index (χ0n) is 14.6. The van der Waals surface area contributed by atoms with Gasteiger partial charge in [0.15, 0.2) is 0 Å². The van der Waals surface area contributed by atoms with Crippen LogP contribution in [0.1, 0.15) is 37.0 Å². The van der Waals surface area contributed by atoms with Gasteiger partial charge in [-0.25, -0.2) is 13.6 Å². The average Bonchev–Trinajstić information content (AvgIpc) is 2.51. The van der Waals surface area contributed by atoms with Gasteiger partial charge in [-0.05, 0) is 36.8 Å². The number of benzene rings is 1.